The van der Waals surface area contributed by atoms with Crippen LogP contribution in [0.15, 0.2) is 48.7 Å². The summed E-state index contributed by atoms with van der Waals surface area (Å²) in [5, 5.41) is 20.3. The molecule has 4 aromatic rings. The van der Waals surface area contributed by atoms with Crippen LogP contribution < -0.4 is 15.5 Å². The zero-order valence-electron chi connectivity index (χ0n) is 33.0. The van der Waals surface area contributed by atoms with Gasteiger partial charge in [0.25, 0.3) is 0 Å². The second-order valence-electron chi connectivity index (χ2n) is 15.7. The Morgan fingerprint density at radius 1 is 0.895 bits per heavy atom. The number of amides is 5. The van der Waals surface area contributed by atoms with E-state index in [9.17, 15) is 37.5 Å². The van der Waals surface area contributed by atoms with E-state index in [0.29, 0.717) is 54.3 Å². The number of aryl methyl sites for hydroxylation is 2. The molecule has 0 atom stereocenters. The van der Waals surface area contributed by atoms with E-state index in [4.69, 9.17) is 14.5 Å². The third-order valence-corrected chi connectivity index (χ3v) is 8.99. The number of nitrogens with zero attached hydrogens (tertiary/aromatic N) is 6. The lowest BCUT2D eigenvalue weighted by atomic mass is 9.89. The Morgan fingerprint density at radius 2 is 1.51 bits per heavy atom. The maximum absolute atomic E-state index is 13.2. The first kappa shape index (κ1) is 42.2. The molecule has 0 radical (unpaired) electrons. The SMILES string of the molecule is CCc1cc(-c2cc(NC(=O)Nc3cccc(C(F)(F)F)c3)nn2C)cc2cnc(N(C(=O)O)[C@H]3CC[C@H](N(C(=O)OC(C)(C)C)C(=O)OC(C)(C)C)CC3)nc12. The number of carbonyl (C=O) groups is 4. The summed E-state index contributed by atoms with van der Waals surface area (Å²) in [5.41, 5.74) is -0.0588. The predicted molar refractivity (Wildman–Crippen MR) is 206 cm³/mol. The molecule has 1 aliphatic rings. The Balaban J connectivity index is 1.34. The number of benzene rings is 2. The molecule has 3 N–H and O–H groups in total. The van der Waals surface area contributed by atoms with Crippen LogP contribution in [0.1, 0.15) is 85.3 Å². The van der Waals surface area contributed by atoms with Gasteiger partial charge in [0.2, 0.25) is 5.95 Å². The minimum Gasteiger partial charge on any atom is -0.465 e. The van der Waals surface area contributed by atoms with Gasteiger partial charge >= 0.3 is 30.5 Å². The van der Waals surface area contributed by atoms with Gasteiger partial charge in [0.15, 0.2) is 5.82 Å². The van der Waals surface area contributed by atoms with E-state index >= 15 is 0 Å². The molecule has 0 aliphatic heterocycles. The number of hydrogen-bond donors (Lipinski definition) is 3. The summed E-state index contributed by atoms with van der Waals surface area (Å²) in [5.74, 6) is 0.129. The van der Waals surface area contributed by atoms with Gasteiger partial charge in [-0.25, -0.2) is 38.9 Å². The van der Waals surface area contributed by atoms with Crippen molar-refractivity contribution in [1.29, 1.82) is 0 Å². The summed E-state index contributed by atoms with van der Waals surface area (Å²) in [6.45, 7) is 12.1. The highest BCUT2D eigenvalue weighted by Gasteiger charge is 2.41. The van der Waals surface area contributed by atoms with Crippen molar-refractivity contribution in [3.63, 3.8) is 0 Å². The Hall–Kier alpha value is -5.94. The van der Waals surface area contributed by atoms with Crippen LogP contribution in [0.3, 0.4) is 0 Å². The Kier molecular flexibility index (Phi) is 12.0. The fraction of sp³-hybridized carbons (Fsp3) is 0.462. The van der Waals surface area contributed by atoms with E-state index in [0.717, 1.165) is 27.5 Å². The molecule has 5 amide bonds. The van der Waals surface area contributed by atoms with E-state index in [1.54, 1.807) is 60.7 Å². The number of nitrogens with one attached hydrogen (secondary N) is 2. The molecule has 57 heavy (non-hydrogen) atoms. The van der Waals surface area contributed by atoms with Crippen LogP contribution in [0.25, 0.3) is 22.2 Å². The van der Waals surface area contributed by atoms with Crippen LogP contribution in [-0.2, 0) is 29.1 Å². The summed E-state index contributed by atoms with van der Waals surface area (Å²) in [4.78, 5) is 63.1. The number of carboxylic acid groups (broad SMARTS) is 1. The second-order valence-corrected chi connectivity index (χ2v) is 15.7. The number of urea groups is 1. The number of fused-ring (bicyclic) bond motifs is 1. The normalized spacial score (nSPS) is 16.1. The molecule has 1 fully saturated rings. The highest BCUT2D eigenvalue weighted by atomic mass is 19.4. The predicted octanol–water partition coefficient (Wildman–Crippen LogP) is 9.22. The van der Waals surface area contributed by atoms with Crippen LogP contribution >= 0.6 is 0 Å². The van der Waals surface area contributed by atoms with Crippen LogP contribution in [0.4, 0.5) is 49.8 Å². The average Bonchev–Trinajstić information content (AvgIpc) is 3.45. The number of ether oxygens (including phenoxy) is 2. The van der Waals surface area contributed by atoms with E-state index < -0.39 is 59.3 Å². The third-order valence-electron chi connectivity index (χ3n) is 8.99. The maximum Gasteiger partial charge on any atom is 0.420 e. The lowest BCUT2D eigenvalue weighted by Gasteiger charge is -2.38. The number of halogens is 3. The van der Waals surface area contributed by atoms with Crippen LogP contribution in [0.5, 0.6) is 0 Å². The van der Waals surface area contributed by atoms with Crippen molar-refractivity contribution in [2.24, 2.45) is 7.05 Å². The van der Waals surface area contributed by atoms with E-state index in [1.165, 1.54) is 23.0 Å². The number of carbonyl (C=O) groups excluding carboxylic acids is 3. The molecule has 306 valence electrons. The first-order valence-corrected chi connectivity index (χ1v) is 18.4. The zero-order chi connectivity index (χ0) is 42.0. The van der Waals surface area contributed by atoms with Gasteiger partial charge in [-0.3, -0.25) is 10.00 Å². The molecule has 1 saturated carbocycles. The zero-order valence-corrected chi connectivity index (χ0v) is 33.0. The summed E-state index contributed by atoms with van der Waals surface area (Å²) >= 11 is 0. The van der Waals surface area contributed by atoms with Crippen molar-refractivity contribution in [2.75, 3.05) is 15.5 Å². The van der Waals surface area contributed by atoms with Crippen LogP contribution in [-0.4, -0.2) is 77.4 Å². The van der Waals surface area contributed by atoms with Crippen molar-refractivity contribution in [1.82, 2.24) is 24.6 Å². The molecule has 0 spiro atoms. The Labute approximate surface area is 327 Å². The summed E-state index contributed by atoms with van der Waals surface area (Å²) in [7, 11) is 1.67. The minimum absolute atomic E-state index is 0.0177. The summed E-state index contributed by atoms with van der Waals surface area (Å²) in [6.07, 6.45) is -4.25. The van der Waals surface area contributed by atoms with Crippen molar-refractivity contribution in [3.05, 3.63) is 59.8 Å². The second kappa shape index (κ2) is 16.3. The topological polar surface area (TPSA) is 181 Å². The van der Waals surface area contributed by atoms with E-state index in [2.05, 4.69) is 20.7 Å². The molecule has 1 aliphatic carbocycles. The highest BCUT2D eigenvalue weighted by molar-refractivity contribution is 5.99. The summed E-state index contributed by atoms with van der Waals surface area (Å²) < 4.78 is 52.0. The molecule has 18 heteroatoms. The van der Waals surface area contributed by atoms with Crippen molar-refractivity contribution >= 4 is 52.7 Å². The van der Waals surface area contributed by atoms with E-state index in [-0.39, 0.29) is 17.5 Å². The number of hydrogen-bond acceptors (Lipinski definition) is 9. The Bertz CT molecular complexity index is 2120. The highest BCUT2D eigenvalue weighted by Crippen LogP contribution is 2.34. The molecule has 15 nitrogen and oxygen atoms in total. The molecule has 2 aromatic carbocycles. The molecule has 2 heterocycles. The molecule has 5 rings (SSSR count). The molecule has 0 bridgehead atoms. The van der Waals surface area contributed by atoms with Crippen molar-refractivity contribution < 1.29 is 46.9 Å². The number of aromatic nitrogens is 4. The summed E-state index contributed by atoms with van der Waals surface area (Å²) in [6, 6.07) is 7.63. The van der Waals surface area contributed by atoms with E-state index in [1.807, 2.05) is 13.0 Å². The molecule has 0 unspecified atom stereocenters. The number of imide groups is 1. The molecule has 0 saturated heterocycles. The average molecular weight is 797 g/mol. The largest absolute Gasteiger partial charge is 0.465 e. The lowest BCUT2D eigenvalue weighted by molar-refractivity contribution is -0.137. The third kappa shape index (κ3) is 10.5. The van der Waals surface area contributed by atoms with Gasteiger partial charge in [0.1, 0.15) is 11.2 Å². The first-order chi connectivity index (χ1) is 26.5. The van der Waals surface area contributed by atoms with Gasteiger partial charge in [0.05, 0.1) is 16.8 Å². The monoisotopic (exact) mass is 796 g/mol. The molecular formula is C39H47F3N8O7. The van der Waals surface area contributed by atoms with Crippen LogP contribution in [0.2, 0.25) is 0 Å². The van der Waals surface area contributed by atoms with Gasteiger partial charge in [-0.05, 0) is 110 Å². The van der Waals surface area contributed by atoms with Crippen molar-refractivity contribution in [3.8, 4) is 11.3 Å². The quantitative estimate of drug-likeness (QED) is 0.163. The number of alkyl halides is 3. The van der Waals surface area contributed by atoms with Gasteiger partial charge < -0.3 is 19.9 Å². The van der Waals surface area contributed by atoms with Crippen molar-refractivity contribution in [2.45, 2.75) is 110 Å². The maximum atomic E-state index is 13.2. The van der Waals surface area contributed by atoms with Gasteiger partial charge in [-0.15, -0.1) is 0 Å². The van der Waals surface area contributed by atoms with Gasteiger partial charge in [0, 0.05) is 48.0 Å². The first-order valence-electron chi connectivity index (χ1n) is 18.4. The Morgan fingerprint density at radius 3 is 2.07 bits per heavy atom. The molecule has 2 aromatic heterocycles. The standard InChI is InChI=1S/C39H47F3N8O7/c1-9-22-17-23(29-20-30(47-48(29)8)45-33(51)44-26-12-10-11-25(19-26)39(40,41)42)18-24-21-43-32(46-31(22)24)49(34(52)53)27-13-15-28(16-14-27)50(35(54)56-37(2,3)4)36(55)57-38(5,6)7/h10-12,17-21,27-28H,9,13-16H2,1-8H3,(H,52,53)(H2,44,45,47,51)/t27-,28-. The number of anilines is 3. The molecular weight excluding hydrogens is 749 g/mol. The van der Waals surface area contributed by atoms with Gasteiger partial charge in [-0.2, -0.15) is 18.3 Å². The minimum atomic E-state index is -4.57. The van der Waals surface area contributed by atoms with Crippen LogP contribution in [0, 0.1) is 0 Å². The van der Waals surface area contributed by atoms with Gasteiger partial charge in [-0.1, -0.05) is 13.0 Å². The fourth-order valence-electron chi connectivity index (χ4n) is 6.57. The fourth-order valence-corrected chi connectivity index (χ4v) is 6.57. The lowest BCUT2D eigenvalue weighted by Crippen LogP contribution is -2.52. The smallest absolute Gasteiger partial charge is 0.420 e. The number of rotatable bonds is 7.